The smallest absolute Gasteiger partial charge is 0.167 e. The summed E-state index contributed by atoms with van der Waals surface area (Å²) in [6.45, 7) is 0. The molecule has 278 valence electrons. The molecule has 0 amide bonds. The van der Waals surface area contributed by atoms with Crippen molar-refractivity contribution >= 4 is 87.0 Å². The van der Waals surface area contributed by atoms with E-state index in [0.29, 0.717) is 17.5 Å². The van der Waals surface area contributed by atoms with Gasteiger partial charge in [0.1, 0.15) is 22.3 Å². The molecule has 0 aliphatic carbocycles. The molecule has 0 N–H and O–H groups in total. The Bertz CT molecular complexity index is 3780. The number of hydrogen-bond acceptors (Lipinski definition) is 5. The second-order valence-electron chi connectivity index (χ2n) is 15.4. The topological polar surface area (TPSA) is 65.0 Å². The van der Waals surface area contributed by atoms with Crippen LogP contribution in [0.2, 0.25) is 0 Å². The number of para-hydroxylation sites is 4. The van der Waals surface area contributed by atoms with Crippen molar-refractivity contribution in [2.45, 2.75) is 0 Å². The zero-order chi connectivity index (χ0) is 39.3. The average Bonchev–Trinajstić information content (AvgIpc) is 3.90. The van der Waals surface area contributed by atoms with Gasteiger partial charge in [0.05, 0.1) is 11.1 Å². The molecule has 5 nitrogen and oxygen atoms in total. The molecule has 13 aromatic rings. The molecule has 0 aliphatic rings. The maximum Gasteiger partial charge on any atom is 0.167 e. The van der Waals surface area contributed by atoms with Gasteiger partial charge in [-0.3, -0.25) is 0 Å². The van der Waals surface area contributed by atoms with Crippen LogP contribution in [0.4, 0.5) is 0 Å². The van der Waals surface area contributed by atoms with Gasteiger partial charge in [0.25, 0.3) is 0 Å². The fraction of sp³-hybridized carbons (Fsp3) is 0. The molecule has 0 aliphatic heterocycles. The number of benzene rings is 10. The predicted octanol–water partition coefficient (Wildman–Crippen LogP) is 15.0. The quantitative estimate of drug-likeness (QED) is 0.167. The van der Waals surface area contributed by atoms with E-state index in [2.05, 4.69) is 127 Å². The van der Waals surface area contributed by atoms with Crippen molar-refractivity contribution < 1.29 is 8.83 Å². The number of aromatic nitrogens is 3. The van der Waals surface area contributed by atoms with Gasteiger partial charge in [0, 0.05) is 27.1 Å². The lowest BCUT2D eigenvalue weighted by molar-refractivity contribution is 0.669. The van der Waals surface area contributed by atoms with Crippen LogP contribution in [0.15, 0.2) is 197 Å². The Morgan fingerprint density at radius 3 is 1.18 bits per heavy atom. The predicted molar refractivity (Wildman–Crippen MR) is 246 cm³/mol. The Morgan fingerprint density at radius 1 is 0.250 bits per heavy atom. The van der Waals surface area contributed by atoms with Crippen molar-refractivity contribution in [1.82, 2.24) is 15.0 Å². The molecular weight excluding hydrogens is 735 g/mol. The van der Waals surface area contributed by atoms with Gasteiger partial charge < -0.3 is 8.83 Å². The van der Waals surface area contributed by atoms with Crippen LogP contribution < -0.4 is 0 Å². The van der Waals surface area contributed by atoms with E-state index in [1.54, 1.807) is 0 Å². The third-order valence-corrected chi connectivity index (χ3v) is 12.1. The fourth-order valence-corrected chi connectivity index (χ4v) is 9.49. The molecule has 3 heterocycles. The first kappa shape index (κ1) is 32.9. The molecule has 10 aromatic carbocycles. The number of furan rings is 2. The summed E-state index contributed by atoms with van der Waals surface area (Å²) < 4.78 is 13.1. The highest BCUT2D eigenvalue weighted by Crippen LogP contribution is 2.45. The molecule has 0 fully saturated rings. The third kappa shape index (κ3) is 4.77. The van der Waals surface area contributed by atoms with Gasteiger partial charge in [-0.2, -0.15) is 0 Å². The summed E-state index contributed by atoms with van der Waals surface area (Å²) in [5, 5.41) is 13.9. The molecule has 3 aromatic heterocycles. The first-order valence-corrected chi connectivity index (χ1v) is 20.2. The van der Waals surface area contributed by atoms with Crippen LogP contribution >= 0.6 is 0 Å². The first-order valence-electron chi connectivity index (χ1n) is 20.2. The van der Waals surface area contributed by atoms with E-state index < -0.39 is 0 Å². The maximum absolute atomic E-state index is 6.57. The normalized spacial score (nSPS) is 12.0. The molecular formula is C55H31N3O2. The standard InChI is InChI=1S/C55H31N3O2/c1-2-17-34-32(15-1)33-16-3-6-22-39(33)50-40-23-7-4-18-35(40)46(31-47(34)50)36-19-5-8-24-43(36)53-56-54(44-27-13-25-41-37-20-9-11-29-48(37)59-51(41)44)58-55(57-53)45-28-14-26-42-38-21-10-12-30-49(38)60-52(42)45/h1-31H. The van der Waals surface area contributed by atoms with Crippen LogP contribution in [0.5, 0.6) is 0 Å². The van der Waals surface area contributed by atoms with Crippen molar-refractivity contribution in [2.75, 3.05) is 0 Å². The van der Waals surface area contributed by atoms with E-state index in [9.17, 15) is 0 Å². The zero-order valence-corrected chi connectivity index (χ0v) is 32.1. The SMILES string of the molecule is c1ccc(-c2cc3c4ccccc4c4ccccc4c3c3ccccc23)c(-c2nc(-c3cccc4c3oc3ccccc34)nc(-c3cccc4c3oc3ccccc34)n2)c1. The molecule has 0 radical (unpaired) electrons. The minimum atomic E-state index is 0.517. The largest absolute Gasteiger partial charge is 0.455 e. The fourth-order valence-electron chi connectivity index (χ4n) is 9.49. The summed E-state index contributed by atoms with van der Waals surface area (Å²) in [6.07, 6.45) is 0. The van der Waals surface area contributed by atoms with Crippen LogP contribution in [0.3, 0.4) is 0 Å². The highest BCUT2D eigenvalue weighted by molar-refractivity contribution is 6.33. The molecule has 0 unspecified atom stereocenters. The first-order chi connectivity index (χ1) is 29.8. The molecule has 0 atom stereocenters. The number of rotatable bonds is 4. The summed E-state index contributed by atoms with van der Waals surface area (Å²) in [6, 6.07) is 65.7. The van der Waals surface area contributed by atoms with Crippen molar-refractivity contribution in [2.24, 2.45) is 0 Å². The van der Waals surface area contributed by atoms with E-state index in [-0.39, 0.29) is 0 Å². The average molecular weight is 766 g/mol. The van der Waals surface area contributed by atoms with Gasteiger partial charge in [-0.05, 0) is 84.5 Å². The van der Waals surface area contributed by atoms with Gasteiger partial charge in [-0.25, -0.2) is 15.0 Å². The third-order valence-electron chi connectivity index (χ3n) is 12.1. The minimum absolute atomic E-state index is 0.517. The maximum atomic E-state index is 6.57. The highest BCUT2D eigenvalue weighted by Gasteiger charge is 2.23. The second kappa shape index (κ2) is 12.7. The van der Waals surface area contributed by atoms with Crippen LogP contribution in [0.25, 0.3) is 132 Å². The Hall–Kier alpha value is -8.15. The van der Waals surface area contributed by atoms with Crippen molar-refractivity contribution in [3.63, 3.8) is 0 Å². The lowest BCUT2D eigenvalue weighted by Crippen LogP contribution is -2.01. The monoisotopic (exact) mass is 765 g/mol. The molecule has 0 saturated carbocycles. The molecule has 60 heavy (non-hydrogen) atoms. The highest BCUT2D eigenvalue weighted by atomic mass is 16.3. The Balaban J connectivity index is 1.11. The van der Waals surface area contributed by atoms with Crippen LogP contribution in [0, 0.1) is 0 Å². The van der Waals surface area contributed by atoms with Crippen LogP contribution in [-0.2, 0) is 0 Å². The van der Waals surface area contributed by atoms with Gasteiger partial charge >= 0.3 is 0 Å². The Morgan fingerprint density at radius 2 is 0.617 bits per heavy atom. The van der Waals surface area contributed by atoms with Gasteiger partial charge in [0.15, 0.2) is 17.5 Å². The van der Waals surface area contributed by atoms with Crippen molar-refractivity contribution in [1.29, 1.82) is 0 Å². The van der Waals surface area contributed by atoms with Gasteiger partial charge in [0.2, 0.25) is 0 Å². The Kier molecular flexibility index (Phi) is 6.95. The van der Waals surface area contributed by atoms with Crippen molar-refractivity contribution in [3.8, 4) is 45.3 Å². The van der Waals surface area contributed by atoms with E-state index in [0.717, 1.165) is 77.1 Å². The number of nitrogens with zero attached hydrogens (tertiary/aromatic N) is 3. The summed E-state index contributed by atoms with van der Waals surface area (Å²) in [4.78, 5) is 16.0. The van der Waals surface area contributed by atoms with Crippen molar-refractivity contribution in [3.05, 3.63) is 188 Å². The molecule has 0 bridgehead atoms. The lowest BCUT2D eigenvalue weighted by atomic mass is 9.86. The Labute approximate surface area is 342 Å². The summed E-state index contributed by atoms with van der Waals surface area (Å²) >= 11 is 0. The molecule has 5 heteroatoms. The number of fused-ring (bicyclic) bond motifs is 14. The summed E-state index contributed by atoms with van der Waals surface area (Å²) in [5.41, 5.74) is 7.70. The van der Waals surface area contributed by atoms with E-state index in [1.807, 2.05) is 60.7 Å². The second-order valence-corrected chi connectivity index (χ2v) is 15.4. The zero-order valence-electron chi connectivity index (χ0n) is 32.1. The van der Waals surface area contributed by atoms with Gasteiger partial charge in [-0.15, -0.1) is 0 Å². The molecule has 13 rings (SSSR count). The van der Waals surface area contributed by atoms with E-state index in [4.69, 9.17) is 23.8 Å². The minimum Gasteiger partial charge on any atom is -0.455 e. The molecule has 0 spiro atoms. The summed E-state index contributed by atoms with van der Waals surface area (Å²) in [7, 11) is 0. The van der Waals surface area contributed by atoms with Crippen LogP contribution in [0.1, 0.15) is 0 Å². The lowest BCUT2D eigenvalue weighted by Gasteiger charge is -2.18. The van der Waals surface area contributed by atoms with Gasteiger partial charge in [-0.1, -0.05) is 158 Å². The van der Waals surface area contributed by atoms with Crippen LogP contribution in [-0.4, -0.2) is 15.0 Å². The van der Waals surface area contributed by atoms with E-state index >= 15 is 0 Å². The summed E-state index contributed by atoms with van der Waals surface area (Å²) in [5.74, 6) is 1.59. The van der Waals surface area contributed by atoms with E-state index in [1.165, 1.54) is 37.7 Å². The number of hydrogen-bond donors (Lipinski definition) is 0. The molecule has 0 saturated heterocycles.